The number of hydrogen-bond donors (Lipinski definition) is 2. The van der Waals surface area contributed by atoms with Crippen LogP contribution in [0.15, 0.2) is 60.4 Å². The molecule has 0 aromatic heterocycles. The maximum Gasteiger partial charge on any atom is 0.381 e. The third-order valence-electron chi connectivity index (χ3n) is 2.68. The summed E-state index contributed by atoms with van der Waals surface area (Å²) in [5.41, 5.74) is 6.48. The SMILES string of the molecule is Nc1ccccc1C(=O)OC(=O)C(O)=Cc1ccccc1. The lowest BCUT2D eigenvalue weighted by Crippen LogP contribution is -2.15. The molecule has 0 spiro atoms. The van der Waals surface area contributed by atoms with Crippen LogP contribution in [0.3, 0.4) is 0 Å². The highest BCUT2D eigenvalue weighted by atomic mass is 16.6. The zero-order valence-corrected chi connectivity index (χ0v) is 11.0. The molecule has 5 nitrogen and oxygen atoms in total. The van der Waals surface area contributed by atoms with Gasteiger partial charge in [-0.25, -0.2) is 9.59 Å². The molecule has 2 aromatic rings. The average molecular weight is 283 g/mol. The number of benzene rings is 2. The highest BCUT2D eigenvalue weighted by Crippen LogP contribution is 2.13. The first-order valence-corrected chi connectivity index (χ1v) is 6.14. The second-order valence-corrected chi connectivity index (χ2v) is 4.20. The van der Waals surface area contributed by atoms with Crippen LogP contribution in [0.4, 0.5) is 5.69 Å². The molecule has 0 unspecified atom stereocenters. The minimum Gasteiger partial charge on any atom is -0.502 e. The second-order valence-electron chi connectivity index (χ2n) is 4.20. The van der Waals surface area contributed by atoms with Crippen molar-refractivity contribution >= 4 is 23.7 Å². The normalized spacial score (nSPS) is 11.0. The van der Waals surface area contributed by atoms with E-state index in [9.17, 15) is 14.7 Å². The predicted molar refractivity (Wildman–Crippen MR) is 78.3 cm³/mol. The number of hydrogen-bond acceptors (Lipinski definition) is 5. The Morgan fingerprint density at radius 1 is 1.00 bits per heavy atom. The van der Waals surface area contributed by atoms with Crippen LogP contribution < -0.4 is 5.73 Å². The number of nitrogens with two attached hydrogens (primary N) is 1. The monoisotopic (exact) mass is 283 g/mol. The topological polar surface area (TPSA) is 89.6 Å². The summed E-state index contributed by atoms with van der Waals surface area (Å²) >= 11 is 0. The molecule has 0 bridgehead atoms. The molecule has 0 fully saturated rings. The number of carbonyl (C=O) groups excluding carboxylic acids is 2. The first-order valence-electron chi connectivity index (χ1n) is 6.14. The standard InChI is InChI=1S/C16H13NO4/c17-13-9-5-4-8-12(13)15(19)21-16(20)14(18)10-11-6-2-1-3-7-11/h1-10,18H,17H2. The van der Waals surface area contributed by atoms with E-state index in [0.717, 1.165) is 0 Å². The fraction of sp³-hybridized carbons (Fsp3) is 0. The van der Waals surface area contributed by atoms with Crippen LogP contribution in [0.5, 0.6) is 0 Å². The van der Waals surface area contributed by atoms with Crippen LogP contribution in [0.2, 0.25) is 0 Å². The molecular formula is C16H13NO4. The molecule has 0 aliphatic rings. The van der Waals surface area contributed by atoms with E-state index in [-0.39, 0.29) is 11.3 Å². The molecule has 0 aliphatic heterocycles. The first kappa shape index (κ1) is 14.3. The Balaban J connectivity index is 2.10. The molecule has 0 saturated heterocycles. The number of anilines is 1. The molecule has 3 N–H and O–H groups in total. The van der Waals surface area contributed by atoms with Crippen molar-refractivity contribution in [2.75, 3.05) is 5.73 Å². The molecule has 2 aromatic carbocycles. The van der Waals surface area contributed by atoms with E-state index in [1.807, 2.05) is 0 Å². The van der Waals surface area contributed by atoms with Crippen molar-refractivity contribution in [1.29, 1.82) is 0 Å². The molecule has 0 amide bonds. The quantitative estimate of drug-likeness (QED) is 0.297. The number of carbonyl (C=O) groups is 2. The van der Waals surface area contributed by atoms with Crippen LogP contribution in [0.25, 0.3) is 6.08 Å². The first-order chi connectivity index (χ1) is 10.1. The molecule has 0 aliphatic carbocycles. The average Bonchev–Trinajstić information content (AvgIpc) is 2.48. The number of para-hydroxylation sites is 1. The molecule has 5 heteroatoms. The Morgan fingerprint density at radius 2 is 1.62 bits per heavy atom. The predicted octanol–water partition coefficient (Wildman–Crippen LogP) is 2.55. The van der Waals surface area contributed by atoms with Crippen LogP contribution >= 0.6 is 0 Å². The molecular weight excluding hydrogens is 270 g/mol. The Hall–Kier alpha value is -3.08. The van der Waals surface area contributed by atoms with Crippen molar-refractivity contribution in [3.8, 4) is 0 Å². The van der Waals surface area contributed by atoms with Crippen molar-refractivity contribution in [1.82, 2.24) is 0 Å². The molecule has 0 atom stereocenters. The summed E-state index contributed by atoms with van der Waals surface area (Å²) in [6.45, 7) is 0. The highest BCUT2D eigenvalue weighted by molar-refractivity contribution is 6.05. The van der Waals surface area contributed by atoms with E-state index in [0.29, 0.717) is 5.56 Å². The summed E-state index contributed by atoms with van der Waals surface area (Å²) in [6.07, 6.45) is 1.21. The molecule has 0 heterocycles. The Bertz CT molecular complexity index is 692. The highest BCUT2D eigenvalue weighted by Gasteiger charge is 2.18. The number of aliphatic hydroxyl groups excluding tert-OH is 1. The summed E-state index contributed by atoms with van der Waals surface area (Å²) in [5, 5.41) is 9.64. The van der Waals surface area contributed by atoms with Crippen LogP contribution in [0, 0.1) is 0 Å². The Kier molecular flexibility index (Phi) is 4.36. The van der Waals surface area contributed by atoms with E-state index in [1.54, 1.807) is 42.5 Å². The minimum absolute atomic E-state index is 0.0679. The molecule has 0 saturated carbocycles. The van der Waals surface area contributed by atoms with E-state index in [2.05, 4.69) is 4.74 Å². The van der Waals surface area contributed by atoms with Crippen molar-refractivity contribution < 1.29 is 19.4 Å². The maximum absolute atomic E-state index is 11.8. The molecule has 21 heavy (non-hydrogen) atoms. The zero-order valence-electron chi connectivity index (χ0n) is 11.0. The number of ether oxygens (including phenoxy) is 1. The number of rotatable bonds is 3. The van der Waals surface area contributed by atoms with Gasteiger partial charge in [0.25, 0.3) is 0 Å². The number of esters is 2. The fourth-order valence-electron chi connectivity index (χ4n) is 1.64. The molecule has 0 radical (unpaired) electrons. The van der Waals surface area contributed by atoms with E-state index in [1.165, 1.54) is 18.2 Å². The summed E-state index contributed by atoms with van der Waals surface area (Å²) < 4.78 is 4.58. The van der Waals surface area contributed by atoms with Crippen molar-refractivity contribution in [2.45, 2.75) is 0 Å². The van der Waals surface area contributed by atoms with Crippen molar-refractivity contribution in [3.05, 3.63) is 71.5 Å². The van der Waals surface area contributed by atoms with Gasteiger partial charge < -0.3 is 15.6 Å². The van der Waals surface area contributed by atoms with Gasteiger partial charge in [-0.15, -0.1) is 0 Å². The molecule has 106 valence electrons. The van der Waals surface area contributed by atoms with Crippen molar-refractivity contribution in [3.63, 3.8) is 0 Å². The zero-order chi connectivity index (χ0) is 15.2. The lowest BCUT2D eigenvalue weighted by molar-refractivity contribution is -0.136. The van der Waals surface area contributed by atoms with E-state index < -0.39 is 17.7 Å². The van der Waals surface area contributed by atoms with Crippen LogP contribution in [-0.4, -0.2) is 17.0 Å². The van der Waals surface area contributed by atoms with Gasteiger partial charge in [0.15, 0.2) is 0 Å². The Morgan fingerprint density at radius 3 is 2.29 bits per heavy atom. The third-order valence-corrected chi connectivity index (χ3v) is 2.68. The third kappa shape index (κ3) is 3.70. The minimum atomic E-state index is -1.13. The van der Waals surface area contributed by atoms with Gasteiger partial charge in [0, 0.05) is 5.69 Å². The van der Waals surface area contributed by atoms with Gasteiger partial charge in [-0.2, -0.15) is 0 Å². The summed E-state index contributed by atoms with van der Waals surface area (Å²) in [4.78, 5) is 23.4. The lowest BCUT2D eigenvalue weighted by Gasteiger charge is -2.04. The number of nitrogen functional groups attached to an aromatic ring is 1. The largest absolute Gasteiger partial charge is 0.502 e. The van der Waals surface area contributed by atoms with Gasteiger partial charge in [0.05, 0.1) is 5.56 Å². The van der Waals surface area contributed by atoms with Gasteiger partial charge in [-0.05, 0) is 23.8 Å². The van der Waals surface area contributed by atoms with Gasteiger partial charge in [0.2, 0.25) is 5.76 Å². The molecule has 2 rings (SSSR count). The van der Waals surface area contributed by atoms with Gasteiger partial charge in [-0.1, -0.05) is 42.5 Å². The van der Waals surface area contributed by atoms with E-state index >= 15 is 0 Å². The maximum atomic E-state index is 11.8. The summed E-state index contributed by atoms with van der Waals surface area (Å²) in [7, 11) is 0. The second kappa shape index (κ2) is 6.38. The van der Waals surface area contributed by atoms with Crippen molar-refractivity contribution in [2.24, 2.45) is 0 Å². The lowest BCUT2D eigenvalue weighted by atomic mass is 10.2. The number of aliphatic hydroxyl groups is 1. The van der Waals surface area contributed by atoms with Gasteiger partial charge in [-0.3, -0.25) is 0 Å². The van der Waals surface area contributed by atoms with Gasteiger partial charge >= 0.3 is 11.9 Å². The van der Waals surface area contributed by atoms with Crippen LogP contribution in [-0.2, 0) is 9.53 Å². The summed E-state index contributed by atoms with van der Waals surface area (Å²) in [6, 6.07) is 14.9. The summed E-state index contributed by atoms with van der Waals surface area (Å²) in [5.74, 6) is -2.71. The van der Waals surface area contributed by atoms with Crippen LogP contribution in [0.1, 0.15) is 15.9 Å². The Labute approximate surface area is 121 Å². The van der Waals surface area contributed by atoms with Gasteiger partial charge in [0.1, 0.15) is 0 Å². The fourth-order valence-corrected chi connectivity index (χ4v) is 1.64. The van der Waals surface area contributed by atoms with E-state index in [4.69, 9.17) is 5.73 Å². The smallest absolute Gasteiger partial charge is 0.381 e.